The number of nitrogens with one attached hydrogen (secondary N) is 1. The second-order valence-corrected chi connectivity index (χ2v) is 4.95. The Hall–Kier alpha value is -1.91. The minimum atomic E-state index is -0.841. The molecule has 1 atom stereocenters. The van der Waals surface area contributed by atoms with Crippen LogP contribution in [-0.2, 0) is 6.54 Å². The Labute approximate surface area is 106 Å². The van der Waals surface area contributed by atoms with Gasteiger partial charge in [0.25, 0.3) is 0 Å². The van der Waals surface area contributed by atoms with Gasteiger partial charge in [-0.3, -0.25) is 0 Å². The molecule has 0 aromatic heterocycles. The van der Waals surface area contributed by atoms with Gasteiger partial charge < -0.3 is 20.2 Å². The van der Waals surface area contributed by atoms with Gasteiger partial charge in [0.05, 0.1) is 17.9 Å². The number of nitrogens with zero attached hydrogens (tertiary/aromatic N) is 2. The Balaban J connectivity index is 2.09. The van der Waals surface area contributed by atoms with Gasteiger partial charge in [0.2, 0.25) is 0 Å². The van der Waals surface area contributed by atoms with Gasteiger partial charge in [-0.05, 0) is 18.6 Å². The van der Waals surface area contributed by atoms with Gasteiger partial charge in [-0.25, -0.2) is 4.79 Å². The molecule has 0 fully saturated rings. The van der Waals surface area contributed by atoms with E-state index >= 15 is 0 Å². The fourth-order valence-electron chi connectivity index (χ4n) is 2.90. The summed E-state index contributed by atoms with van der Waals surface area (Å²) in [5.41, 5.74) is 3.39. The Bertz CT molecular complexity index is 489. The summed E-state index contributed by atoms with van der Waals surface area (Å²) in [4.78, 5) is 15.1. The van der Waals surface area contributed by atoms with Crippen LogP contribution in [0.1, 0.15) is 12.5 Å². The molecule has 18 heavy (non-hydrogen) atoms. The summed E-state index contributed by atoms with van der Waals surface area (Å²) in [7, 11) is 0. The average Bonchev–Trinajstić information content (AvgIpc) is 2.50. The van der Waals surface area contributed by atoms with Crippen LogP contribution in [0.2, 0.25) is 0 Å². The maximum Gasteiger partial charge on any atom is 0.407 e. The summed E-state index contributed by atoms with van der Waals surface area (Å²) in [6, 6.07) is 6.28. The van der Waals surface area contributed by atoms with Crippen molar-refractivity contribution in [2.24, 2.45) is 0 Å². The van der Waals surface area contributed by atoms with E-state index in [9.17, 15) is 9.90 Å². The third-order valence-corrected chi connectivity index (χ3v) is 3.72. The highest BCUT2D eigenvalue weighted by Crippen LogP contribution is 2.36. The number of rotatable bonds is 0. The maximum atomic E-state index is 11.2. The fourth-order valence-corrected chi connectivity index (χ4v) is 2.90. The number of amides is 1. The zero-order chi connectivity index (χ0) is 12.7. The molecule has 0 spiro atoms. The third kappa shape index (κ3) is 1.66. The Morgan fingerprint density at radius 1 is 1.50 bits per heavy atom. The van der Waals surface area contributed by atoms with Gasteiger partial charge in [-0.1, -0.05) is 12.1 Å². The summed E-state index contributed by atoms with van der Waals surface area (Å²) in [6.07, 6.45) is -0.841. The van der Waals surface area contributed by atoms with E-state index in [2.05, 4.69) is 23.2 Å². The molecule has 0 radical (unpaired) electrons. The first-order chi connectivity index (χ1) is 8.66. The molecule has 1 unspecified atom stereocenters. The third-order valence-electron chi connectivity index (χ3n) is 3.72. The highest BCUT2D eigenvalue weighted by Gasteiger charge is 2.30. The van der Waals surface area contributed by atoms with E-state index in [4.69, 9.17) is 0 Å². The van der Waals surface area contributed by atoms with Crippen molar-refractivity contribution < 1.29 is 9.90 Å². The predicted molar refractivity (Wildman–Crippen MR) is 70.2 cm³/mol. The topological polar surface area (TPSA) is 55.8 Å². The van der Waals surface area contributed by atoms with Gasteiger partial charge >= 0.3 is 6.09 Å². The molecule has 2 heterocycles. The van der Waals surface area contributed by atoms with Crippen molar-refractivity contribution in [2.75, 3.05) is 29.9 Å². The first-order valence-electron chi connectivity index (χ1n) is 6.27. The van der Waals surface area contributed by atoms with Crippen LogP contribution in [0, 0.1) is 0 Å². The molecule has 5 heteroatoms. The van der Waals surface area contributed by atoms with E-state index in [0.29, 0.717) is 13.1 Å². The summed E-state index contributed by atoms with van der Waals surface area (Å²) in [6.45, 7) is 4.96. The Morgan fingerprint density at radius 3 is 3.11 bits per heavy atom. The van der Waals surface area contributed by atoms with Crippen LogP contribution < -0.4 is 10.2 Å². The predicted octanol–water partition coefficient (Wildman–Crippen LogP) is 1.80. The molecule has 1 aromatic rings. The van der Waals surface area contributed by atoms with E-state index in [1.807, 2.05) is 12.1 Å². The van der Waals surface area contributed by atoms with E-state index in [1.54, 1.807) is 0 Å². The maximum absolute atomic E-state index is 11.2. The van der Waals surface area contributed by atoms with Crippen LogP contribution in [0.4, 0.5) is 16.2 Å². The number of hydrogen-bond donors (Lipinski definition) is 2. The number of hydrogen-bond acceptors (Lipinski definition) is 3. The number of carboxylic acid groups (broad SMARTS) is 1. The minimum Gasteiger partial charge on any atom is -0.465 e. The fraction of sp³-hybridized carbons (Fsp3) is 0.462. The molecule has 2 aliphatic rings. The van der Waals surface area contributed by atoms with Crippen molar-refractivity contribution in [2.45, 2.75) is 19.5 Å². The zero-order valence-electron chi connectivity index (χ0n) is 10.4. The molecule has 96 valence electrons. The zero-order valence-corrected chi connectivity index (χ0v) is 10.4. The van der Waals surface area contributed by atoms with Crippen molar-refractivity contribution in [3.05, 3.63) is 23.8 Å². The Morgan fingerprint density at radius 2 is 2.33 bits per heavy atom. The molecule has 0 saturated carbocycles. The smallest absolute Gasteiger partial charge is 0.407 e. The lowest BCUT2D eigenvalue weighted by Crippen LogP contribution is -2.44. The van der Waals surface area contributed by atoms with Crippen molar-refractivity contribution in [3.63, 3.8) is 0 Å². The molecule has 0 bridgehead atoms. The highest BCUT2D eigenvalue weighted by atomic mass is 16.4. The highest BCUT2D eigenvalue weighted by molar-refractivity contribution is 5.77. The molecule has 1 amide bonds. The molecule has 5 nitrogen and oxygen atoms in total. The second-order valence-electron chi connectivity index (χ2n) is 4.95. The Kier molecular flexibility index (Phi) is 2.54. The molecular formula is C13H17N3O2. The van der Waals surface area contributed by atoms with Gasteiger partial charge in [0.15, 0.2) is 0 Å². The van der Waals surface area contributed by atoms with Crippen molar-refractivity contribution in [1.29, 1.82) is 0 Å². The first-order valence-corrected chi connectivity index (χ1v) is 6.27. The number of para-hydroxylation sites is 1. The molecule has 3 rings (SSSR count). The molecular weight excluding hydrogens is 230 g/mol. The SMILES string of the molecule is CC1CN(C(=O)O)Cc2cccc3c2N1CCN3. The quantitative estimate of drug-likeness (QED) is 0.734. The average molecular weight is 247 g/mol. The summed E-state index contributed by atoms with van der Waals surface area (Å²) in [5.74, 6) is 0. The standard InChI is InChI=1S/C13H17N3O2/c1-9-7-15(13(17)18)8-10-3-2-4-11-12(10)16(9)6-5-14-11/h2-4,9,14H,5-8H2,1H3,(H,17,18). The lowest BCUT2D eigenvalue weighted by Gasteiger charge is -2.36. The minimum absolute atomic E-state index is 0.214. The first kappa shape index (κ1) is 11.2. The molecule has 0 saturated heterocycles. The lowest BCUT2D eigenvalue weighted by molar-refractivity contribution is 0.141. The van der Waals surface area contributed by atoms with E-state index < -0.39 is 6.09 Å². The van der Waals surface area contributed by atoms with Gasteiger partial charge in [0.1, 0.15) is 0 Å². The molecule has 1 aromatic carbocycles. The number of benzene rings is 1. The van der Waals surface area contributed by atoms with Crippen LogP contribution in [0.25, 0.3) is 0 Å². The van der Waals surface area contributed by atoms with E-state index in [1.165, 1.54) is 10.6 Å². The summed E-state index contributed by atoms with van der Waals surface area (Å²) in [5, 5.41) is 12.6. The van der Waals surface area contributed by atoms with Crippen LogP contribution in [0.5, 0.6) is 0 Å². The van der Waals surface area contributed by atoms with Crippen molar-refractivity contribution in [1.82, 2.24) is 4.90 Å². The molecule has 2 N–H and O–H groups in total. The number of carbonyl (C=O) groups is 1. The largest absolute Gasteiger partial charge is 0.465 e. The monoisotopic (exact) mass is 247 g/mol. The van der Waals surface area contributed by atoms with Gasteiger partial charge in [-0.2, -0.15) is 0 Å². The summed E-state index contributed by atoms with van der Waals surface area (Å²) < 4.78 is 0. The van der Waals surface area contributed by atoms with Crippen LogP contribution in [0.15, 0.2) is 18.2 Å². The normalized spacial score (nSPS) is 21.9. The van der Waals surface area contributed by atoms with Crippen LogP contribution in [0.3, 0.4) is 0 Å². The second kappa shape index (κ2) is 4.08. The number of anilines is 2. The van der Waals surface area contributed by atoms with Crippen LogP contribution >= 0.6 is 0 Å². The molecule has 2 aliphatic heterocycles. The van der Waals surface area contributed by atoms with Crippen molar-refractivity contribution >= 4 is 17.5 Å². The van der Waals surface area contributed by atoms with E-state index in [0.717, 1.165) is 24.3 Å². The van der Waals surface area contributed by atoms with Crippen LogP contribution in [-0.4, -0.2) is 41.8 Å². The van der Waals surface area contributed by atoms with Gasteiger partial charge in [0, 0.05) is 25.7 Å². The molecule has 0 aliphatic carbocycles. The summed E-state index contributed by atoms with van der Waals surface area (Å²) >= 11 is 0. The van der Waals surface area contributed by atoms with E-state index in [-0.39, 0.29) is 6.04 Å². The van der Waals surface area contributed by atoms with Crippen molar-refractivity contribution in [3.8, 4) is 0 Å². The van der Waals surface area contributed by atoms with Gasteiger partial charge in [-0.15, -0.1) is 0 Å². The lowest BCUT2D eigenvalue weighted by atomic mass is 10.1.